The predicted octanol–water partition coefficient (Wildman–Crippen LogP) is 2.28. The monoisotopic (exact) mass is 477 g/mol. The maximum Gasteiger partial charge on any atom is 0.332 e. The van der Waals surface area contributed by atoms with Gasteiger partial charge in [0.15, 0.2) is 0 Å². The molecule has 11 heteroatoms. The summed E-state index contributed by atoms with van der Waals surface area (Å²) in [5, 5.41) is 10.7. The van der Waals surface area contributed by atoms with E-state index in [1.54, 1.807) is 32.4 Å². The molecular weight excluding hydrogens is 458 g/mol. The molecule has 0 aliphatic heterocycles. The fourth-order valence-corrected chi connectivity index (χ4v) is 4.68. The fraction of sp³-hybridized carbons (Fsp3) is 0.174. The van der Waals surface area contributed by atoms with Gasteiger partial charge in [-0.15, -0.1) is 11.3 Å². The number of benzene rings is 2. The summed E-state index contributed by atoms with van der Waals surface area (Å²) in [6.45, 7) is 0.374. The van der Waals surface area contributed by atoms with Gasteiger partial charge < -0.3 is 10.1 Å². The molecule has 0 aliphatic carbocycles. The Balaban J connectivity index is 1.43. The first kappa shape index (κ1) is 21.6. The van der Waals surface area contributed by atoms with Crippen molar-refractivity contribution in [3.63, 3.8) is 0 Å². The van der Waals surface area contributed by atoms with Crippen LogP contribution in [0.3, 0.4) is 0 Å². The van der Waals surface area contributed by atoms with Gasteiger partial charge >= 0.3 is 5.69 Å². The van der Waals surface area contributed by atoms with Crippen LogP contribution >= 0.6 is 11.3 Å². The first-order chi connectivity index (χ1) is 16.4. The van der Waals surface area contributed by atoms with E-state index in [0.29, 0.717) is 38.2 Å². The Kier molecular flexibility index (Phi) is 5.46. The van der Waals surface area contributed by atoms with Crippen LogP contribution in [0.15, 0.2) is 62.7 Å². The molecule has 0 fully saturated rings. The van der Waals surface area contributed by atoms with Crippen molar-refractivity contribution in [3.05, 3.63) is 85.4 Å². The van der Waals surface area contributed by atoms with Crippen LogP contribution in [0, 0.1) is 0 Å². The Morgan fingerprint density at radius 2 is 1.79 bits per heavy atom. The predicted molar refractivity (Wildman–Crippen MR) is 126 cm³/mol. The molecule has 172 valence electrons. The normalized spacial score (nSPS) is 11.2. The average Bonchev–Trinajstić information content (AvgIpc) is 3.51. The van der Waals surface area contributed by atoms with Gasteiger partial charge in [0.2, 0.25) is 0 Å². The summed E-state index contributed by atoms with van der Waals surface area (Å²) in [5.41, 5.74) is 1.81. The van der Waals surface area contributed by atoms with E-state index in [1.165, 1.54) is 10.6 Å². The standard InChI is InChI=1S/C23H19N5O5S/c1-27-22-16(10-19(34-22)20(29)24-11-13-3-6-15(32-2)7-4-13)21(30)28(23(27)31)12-14-5-8-17-18(9-14)26-33-25-17/h3-10H,11-12H2,1-2H3,(H,24,29). The lowest BCUT2D eigenvalue weighted by molar-refractivity contribution is 0.0955. The van der Waals surface area contributed by atoms with Gasteiger partial charge in [-0.1, -0.05) is 18.2 Å². The molecule has 0 aliphatic rings. The van der Waals surface area contributed by atoms with E-state index in [-0.39, 0.29) is 12.5 Å². The number of rotatable bonds is 6. The molecule has 3 aromatic heterocycles. The summed E-state index contributed by atoms with van der Waals surface area (Å²) in [4.78, 5) is 39.6. The highest BCUT2D eigenvalue weighted by Crippen LogP contribution is 2.22. The third kappa shape index (κ3) is 3.86. The lowest BCUT2D eigenvalue weighted by atomic mass is 10.2. The van der Waals surface area contributed by atoms with Crippen molar-refractivity contribution in [1.82, 2.24) is 24.8 Å². The summed E-state index contributed by atoms with van der Waals surface area (Å²) >= 11 is 1.11. The van der Waals surface area contributed by atoms with Crippen LogP contribution in [-0.2, 0) is 20.1 Å². The zero-order valence-corrected chi connectivity index (χ0v) is 19.1. The molecular formula is C23H19N5O5S. The largest absolute Gasteiger partial charge is 0.497 e. The molecule has 2 aromatic carbocycles. The second-order valence-corrected chi connectivity index (χ2v) is 8.71. The Hall–Kier alpha value is -4.25. The smallest absolute Gasteiger partial charge is 0.332 e. The second-order valence-electron chi connectivity index (χ2n) is 7.68. The number of thiophene rings is 1. The topological polar surface area (TPSA) is 121 Å². The quantitative estimate of drug-likeness (QED) is 0.398. The Morgan fingerprint density at radius 1 is 1.06 bits per heavy atom. The SMILES string of the molecule is COc1ccc(CNC(=O)c2cc3c(=O)n(Cc4ccc5nonc5c4)c(=O)n(C)c3s2)cc1. The van der Waals surface area contributed by atoms with E-state index >= 15 is 0 Å². The second kappa shape index (κ2) is 8.60. The zero-order valence-electron chi connectivity index (χ0n) is 18.3. The molecule has 3 heterocycles. The van der Waals surface area contributed by atoms with E-state index in [1.807, 2.05) is 24.3 Å². The van der Waals surface area contributed by atoms with Gasteiger partial charge in [-0.05, 0) is 51.8 Å². The van der Waals surface area contributed by atoms with Crippen molar-refractivity contribution in [2.75, 3.05) is 7.11 Å². The van der Waals surface area contributed by atoms with Crippen molar-refractivity contribution in [2.24, 2.45) is 7.05 Å². The number of methoxy groups -OCH3 is 1. The van der Waals surface area contributed by atoms with E-state index < -0.39 is 11.2 Å². The Labute approximate surface area is 196 Å². The fourth-order valence-electron chi connectivity index (χ4n) is 3.66. The number of hydrogen-bond acceptors (Lipinski definition) is 8. The van der Waals surface area contributed by atoms with Gasteiger partial charge in [-0.25, -0.2) is 9.42 Å². The lowest BCUT2D eigenvalue weighted by Crippen LogP contribution is -2.38. The number of amides is 1. The number of carbonyl (C=O) groups is 1. The van der Waals surface area contributed by atoms with Crippen LogP contribution in [0.25, 0.3) is 21.3 Å². The van der Waals surface area contributed by atoms with Gasteiger partial charge in [0, 0.05) is 13.6 Å². The third-order valence-electron chi connectivity index (χ3n) is 5.51. The highest BCUT2D eigenvalue weighted by atomic mass is 32.1. The molecule has 5 rings (SSSR count). The molecule has 10 nitrogen and oxygen atoms in total. The van der Waals surface area contributed by atoms with Crippen LogP contribution in [0.5, 0.6) is 5.75 Å². The van der Waals surface area contributed by atoms with Gasteiger partial charge in [0.05, 0.1) is 23.9 Å². The molecule has 34 heavy (non-hydrogen) atoms. The molecule has 0 unspecified atom stereocenters. The van der Waals surface area contributed by atoms with Gasteiger partial charge in [-0.2, -0.15) is 0 Å². The van der Waals surface area contributed by atoms with Crippen LogP contribution in [0.4, 0.5) is 0 Å². The van der Waals surface area contributed by atoms with Crippen molar-refractivity contribution >= 4 is 38.5 Å². The molecule has 0 saturated heterocycles. The van der Waals surface area contributed by atoms with Crippen molar-refractivity contribution < 1.29 is 14.2 Å². The number of ether oxygens (including phenoxy) is 1. The first-order valence-corrected chi connectivity index (χ1v) is 11.1. The minimum Gasteiger partial charge on any atom is -0.497 e. The van der Waals surface area contributed by atoms with E-state index in [2.05, 4.69) is 15.6 Å². The molecule has 0 atom stereocenters. The van der Waals surface area contributed by atoms with Crippen LogP contribution in [-0.4, -0.2) is 32.5 Å². The molecule has 1 N–H and O–H groups in total. The van der Waals surface area contributed by atoms with Gasteiger partial charge in [-0.3, -0.25) is 18.7 Å². The van der Waals surface area contributed by atoms with Crippen LogP contribution in [0.1, 0.15) is 20.8 Å². The van der Waals surface area contributed by atoms with E-state index in [4.69, 9.17) is 9.37 Å². The number of carbonyl (C=O) groups excluding carboxylic acids is 1. The van der Waals surface area contributed by atoms with Gasteiger partial charge in [0.1, 0.15) is 21.6 Å². The summed E-state index contributed by atoms with van der Waals surface area (Å²) in [6, 6.07) is 14.1. The molecule has 5 aromatic rings. The summed E-state index contributed by atoms with van der Waals surface area (Å²) < 4.78 is 12.4. The zero-order chi connectivity index (χ0) is 23.8. The number of aromatic nitrogens is 4. The molecule has 0 saturated carbocycles. The number of fused-ring (bicyclic) bond motifs is 2. The van der Waals surface area contributed by atoms with Crippen molar-refractivity contribution in [2.45, 2.75) is 13.1 Å². The highest BCUT2D eigenvalue weighted by Gasteiger charge is 2.18. The van der Waals surface area contributed by atoms with Crippen molar-refractivity contribution in [3.8, 4) is 5.75 Å². The maximum absolute atomic E-state index is 13.2. The lowest BCUT2D eigenvalue weighted by Gasteiger charge is -2.08. The maximum atomic E-state index is 13.2. The van der Waals surface area contributed by atoms with E-state index in [0.717, 1.165) is 27.2 Å². The summed E-state index contributed by atoms with van der Waals surface area (Å²) in [6.07, 6.45) is 0. The molecule has 1 amide bonds. The third-order valence-corrected chi connectivity index (χ3v) is 6.72. The number of hydrogen-bond donors (Lipinski definition) is 1. The Bertz CT molecular complexity index is 1640. The minimum atomic E-state index is -0.470. The van der Waals surface area contributed by atoms with Crippen LogP contribution in [0.2, 0.25) is 0 Å². The van der Waals surface area contributed by atoms with Gasteiger partial charge in [0.25, 0.3) is 11.5 Å². The van der Waals surface area contributed by atoms with Crippen molar-refractivity contribution in [1.29, 1.82) is 0 Å². The van der Waals surface area contributed by atoms with E-state index in [9.17, 15) is 14.4 Å². The minimum absolute atomic E-state index is 0.0547. The first-order valence-electron chi connectivity index (χ1n) is 10.3. The Morgan fingerprint density at radius 3 is 2.56 bits per heavy atom. The number of nitrogens with zero attached hydrogens (tertiary/aromatic N) is 4. The summed E-state index contributed by atoms with van der Waals surface area (Å²) in [5.74, 6) is 0.411. The molecule has 0 bridgehead atoms. The number of aryl methyl sites for hydroxylation is 1. The highest BCUT2D eigenvalue weighted by molar-refractivity contribution is 7.20. The number of nitrogens with one attached hydrogen (secondary N) is 1. The molecule has 0 radical (unpaired) electrons. The average molecular weight is 478 g/mol. The van der Waals surface area contributed by atoms with Crippen LogP contribution < -0.4 is 21.3 Å². The summed E-state index contributed by atoms with van der Waals surface area (Å²) in [7, 11) is 3.17. The molecule has 0 spiro atoms.